The van der Waals surface area contributed by atoms with Gasteiger partial charge < -0.3 is 4.74 Å². The fourth-order valence-electron chi connectivity index (χ4n) is 4.22. The number of hydrogen-bond donors (Lipinski definition) is 0. The summed E-state index contributed by atoms with van der Waals surface area (Å²) in [4.78, 5) is 5.09. The fourth-order valence-corrected chi connectivity index (χ4v) is 4.22. The normalized spacial score (nSPS) is 18.9. The number of hydrogen-bond acceptors (Lipinski definition) is 2. The Kier molecular flexibility index (Phi) is 3.33. The molecule has 2 aliphatic carbocycles. The molecule has 1 aromatic carbocycles. The van der Waals surface area contributed by atoms with E-state index in [1.807, 2.05) is 6.07 Å². The Labute approximate surface area is 126 Å². The van der Waals surface area contributed by atoms with Crippen molar-refractivity contribution in [2.24, 2.45) is 0 Å². The number of benzene rings is 1. The zero-order valence-electron chi connectivity index (χ0n) is 12.8. The summed E-state index contributed by atoms with van der Waals surface area (Å²) in [6, 6.07) is 6.36. The molecule has 0 saturated heterocycles. The molecule has 1 aromatic heterocycles. The third-order valence-corrected chi connectivity index (χ3v) is 5.29. The Morgan fingerprint density at radius 2 is 1.81 bits per heavy atom. The standard InChI is InChI=1S/C19H23NO/c1-21-14-10-11-18-17(12-14)15-8-5-9-16(15)19(20-18)13-6-3-2-4-7-13/h10-13H,2-9H2,1H3. The summed E-state index contributed by atoms with van der Waals surface area (Å²) in [5.41, 5.74) is 5.72. The van der Waals surface area contributed by atoms with Crippen LogP contribution in [0.25, 0.3) is 10.9 Å². The second-order valence-corrected chi connectivity index (χ2v) is 6.53. The van der Waals surface area contributed by atoms with Crippen LogP contribution in [0.1, 0.15) is 61.3 Å². The van der Waals surface area contributed by atoms with Gasteiger partial charge >= 0.3 is 0 Å². The van der Waals surface area contributed by atoms with E-state index in [1.165, 1.54) is 62.4 Å². The summed E-state index contributed by atoms with van der Waals surface area (Å²) in [7, 11) is 1.74. The van der Waals surface area contributed by atoms with Crippen LogP contribution in [0, 0.1) is 0 Å². The molecule has 110 valence electrons. The Hall–Kier alpha value is -1.57. The van der Waals surface area contributed by atoms with Crippen molar-refractivity contribution in [3.8, 4) is 5.75 Å². The van der Waals surface area contributed by atoms with Crippen molar-refractivity contribution in [2.75, 3.05) is 7.11 Å². The average Bonchev–Trinajstić information content (AvgIpc) is 3.04. The molecule has 4 rings (SSSR count). The highest BCUT2D eigenvalue weighted by molar-refractivity contribution is 5.85. The van der Waals surface area contributed by atoms with E-state index in [2.05, 4.69) is 12.1 Å². The molecular weight excluding hydrogens is 258 g/mol. The van der Waals surface area contributed by atoms with E-state index >= 15 is 0 Å². The Bertz CT molecular complexity index is 671. The zero-order valence-corrected chi connectivity index (χ0v) is 12.8. The van der Waals surface area contributed by atoms with Gasteiger partial charge in [0.15, 0.2) is 0 Å². The molecule has 0 radical (unpaired) electrons. The van der Waals surface area contributed by atoms with Crippen molar-refractivity contribution < 1.29 is 4.74 Å². The van der Waals surface area contributed by atoms with E-state index in [0.29, 0.717) is 5.92 Å². The lowest BCUT2D eigenvalue weighted by atomic mass is 9.84. The second kappa shape index (κ2) is 5.32. The summed E-state index contributed by atoms with van der Waals surface area (Å²) in [5.74, 6) is 1.65. The first-order valence-corrected chi connectivity index (χ1v) is 8.36. The maximum absolute atomic E-state index is 5.40. The van der Waals surface area contributed by atoms with Crippen LogP contribution in [0.4, 0.5) is 0 Å². The Balaban J connectivity index is 1.88. The van der Waals surface area contributed by atoms with Gasteiger partial charge in [0, 0.05) is 17.0 Å². The molecule has 21 heavy (non-hydrogen) atoms. The molecule has 1 saturated carbocycles. The van der Waals surface area contributed by atoms with Crippen LogP contribution in [-0.2, 0) is 12.8 Å². The van der Waals surface area contributed by atoms with Gasteiger partial charge in [0.2, 0.25) is 0 Å². The maximum Gasteiger partial charge on any atom is 0.119 e. The number of aryl methyl sites for hydroxylation is 1. The SMILES string of the molecule is COc1ccc2nc(C3CCCCC3)c3c(c2c1)CCC3. The van der Waals surface area contributed by atoms with Gasteiger partial charge in [0.1, 0.15) is 5.75 Å². The van der Waals surface area contributed by atoms with Crippen LogP contribution in [-0.4, -0.2) is 12.1 Å². The number of methoxy groups -OCH3 is 1. The van der Waals surface area contributed by atoms with Gasteiger partial charge in [-0.25, -0.2) is 0 Å². The Morgan fingerprint density at radius 1 is 1.00 bits per heavy atom. The van der Waals surface area contributed by atoms with Crippen molar-refractivity contribution in [1.82, 2.24) is 4.98 Å². The third kappa shape index (κ3) is 2.21. The van der Waals surface area contributed by atoms with Crippen LogP contribution in [0.15, 0.2) is 18.2 Å². The molecule has 0 unspecified atom stereocenters. The molecule has 0 N–H and O–H groups in total. The van der Waals surface area contributed by atoms with E-state index in [-0.39, 0.29) is 0 Å². The highest BCUT2D eigenvalue weighted by Crippen LogP contribution is 2.40. The molecular formula is C19H23NO. The van der Waals surface area contributed by atoms with Gasteiger partial charge in [-0.2, -0.15) is 0 Å². The summed E-state index contributed by atoms with van der Waals surface area (Å²) < 4.78 is 5.40. The van der Waals surface area contributed by atoms with Crippen LogP contribution in [0.3, 0.4) is 0 Å². The lowest BCUT2D eigenvalue weighted by Gasteiger charge is -2.24. The molecule has 0 atom stereocenters. The molecule has 0 bridgehead atoms. The topological polar surface area (TPSA) is 22.1 Å². The highest BCUT2D eigenvalue weighted by Gasteiger charge is 2.25. The lowest BCUT2D eigenvalue weighted by Crippen LogP contribution is -2.10. The lowest BCUT2D eigenvalue weighted by molar-refractivity contribution is 0.415. The van der Waals surface area contributed by atoms with Crippen molar-refractivity contribution in [2.45, 2.75) is 57.3 Å². The minimum atomic E-state index is 0.706. The molecule has 0 spiro atoms. The predicted octanol–water partition coefficient (Wildman–Crippen LogP) is 4.78. The Morgan fingerprint density at radius 3 is 2.62 bits per heavy atom. The molecule has 0 amide bonds. The molecule has 2 heteroatoms. The molecule has 2 aliphatic rings. The number of nitrogens with zero attached hydrogens (tertiary/aromatic N) is 1. The summed E-state index contributed by atoms with van der Waals surface area (Å²) in [5, 5.41) is 1.32. The smallest absolute Gasteiger partial charge is 0.119 e. The van der Waals surface area contributed by atoms with Gasteiger partial charge in [-0.1, -0.05) is 19.3 Å². The first-order chi connectivity index (χ1) is 10.4. The predicted molar refractivity (Wildman–Crippen MR) is 86.1 cm³/mol. The van der Waals surface area contributed by atoms with Crippen LogP contribution < -0.4 is 4.74 Å². The number of rotatable bonds is 2. The summed E-state index contributed by atoms with van der Waals surface area (Å²) in [6.07, 6.45) is 10.5. The highest BCUT2D eigenvalue weighted by atomic mass is 16.5. The number of ether oxygens (including phenoxy) is 1. The number of fused-ring (bicyclic) bond motifs is 3. The van der Waals surface area contributed by atoms with Gasteiger partial charge in [-0.05, 0) is 61.4 Å². The molecule has 1 fully saturated rings. The molecule has 2 aromatic rings. The van der Waals surface area contributed by atoms with Crippen molar-refractivity contribution in [3.05, 3.63) is 35.0 Å². The third-order valence-electron chi connectivity index (χ3n) is 5.29. The van der Waals surface area contributed by atoms with Crippen molar-refractivity contribution in [1.29, 1.82) is 0 Å². The van der Waals surface area contributed by atoms with Gasteiger partial charge in [-0.3, -0.25) is 4.98 Å². The fraction of sp³-hybridized carbons (Fsp3) is 0.526. The largest absolute Gasteiger partial charge is 0.497 e. The summed E-state index contributed by atoms with van der Waals surface area (Å²) >= 11 is 0. The first kappa shape index (κ1) is 13.1. The molecule has 2 nitrogen and oxygen atoms in total. The number of aromatic nitrogens is 1. The monoisotopic (exact) mass is 281 g/mol. The van der Waals surface area contributed by atoms with Crippen LogP contribution in [0.2, 0.25) is 0 Å². The zero-order chi connectivity index (χ0) is 14.2. The van der Waals surface area contributed by atoms with E-state index < -0.39 is 0 Å². The van der Waals surface area contributed by atoms with E-state index in [9.17, 15) is 0 Å². The number of pyridine rings is 1. The van der Waals surface area contributed by atoms with E-state index in [4.69, 9.17) is 9.72 Å². The van der Waals surface area contributed by atoms with Gasteiger partial charge in [0.05, 0.1) is 12.6 Å². The molecule has 1 heterocycles. The van der Waals surface area contributed by atoms with Crippen LogP contribution in [0.5, 0.6) is 5.75 Å². The first-order valence-electron chi connectivity index (χ1n) is 8.36. The maximum atomic E-state index is 5.40. The minimum absolute atomic E-state index is 0.706. The van der Waals surface area contributed by atoms with Gasteiger partial charge in [0.25, 0.3) is 0 Å². The second-order valence-electron chi connectivity index (χ2n) is 6.53. The van der Waals surface area contributed by atoms with Crippen molar-refractivity contribution >= 4 is 10.9 Å². The van der Waals surface area contributed by atoms with E-state index in [1.54, 1.807) is 18.2 Å². The quantitative estimate of drug-likeness (QED) is 0.790. The van der Waals surface area contributed by atoms with Gasteiger partial charge in [-0.15, -0.1) is 0 Å². The minimum Gasteiger partial charge on any atom is -0.497 e. The summed E-state index contributed by atoms with van der Waals surface area (Å²) in [6.45, 7) is 0. The van der Waals surface area contributed by atoms with Crippen LogP contribution >= 0.6 is 0 Å². The van der Waals surface area contributed by atoms with Crippen molar-refractivity contribution in [3.63, 3.8) is 0 Å². The van der Waals surface area contributed by atoms with E-state index in [0.717, 1.165) is 11.3 Å². The molecule has 0 aliphatic heterocycles. The average molecular weight is 281 g/mol.